The number of hydrogen-bond donors (Lipinski definition) is 0. The fraction of sp³-hybridized carbons (Fsp3) is 0.688. The second-order valence-corrected chi connectivity index (χ2v) is 23.5. The third-order valence-electron chi connectivity index (χ3n) is 15.4. The minimum atomic E-state index is -2.23. The highest BCUT2D eigenvalue weighted by Crippen LogP contribution is 2.44. The molecular formula is C64H82O36. The number of carbonyl (C=O) groups is 12. The van der Waals surface area contributed by atoms with Crippen molar-refractivity contribution in [3.8, 4) is 12.3 Å². The molecule has 6 saturated heterocycles. The summed E-state index contributed by atoms with van der Waals surface area (Å²) in [5.41, 5.74) is 0.426. The maximum absolute atomic E-state index is 13.8. The van der Waals surface area contributed by atoms with E-state index >= 15 is 0 Å². The fourth-order valence-electron chi connectivity index (χ4n) is 11.9. The van der Waals surface area contributed by atoms with Gasteiger partial charge in [-0.2, -0.15) is 0 Å². The lowest BCUT2D eigenvalue weighted by Crippen LogP contribution is -2.70. The summed E-state index contributed by atoms with van der Waals surface area (Å²) in [5.74, 6) is -9.49. The van der Waals surface area contributed by atoms with Gasteiger partial charge < -0.3 is 114 Å². The molecule has 0 spiro atoms. The molecule has 7 rings (SSSR count). The van der Waals surface area contributed by atoms with Crippen molar-refractivity contribution in [2.45, 2.75) is 257 Å². The summed E-state index contributed by atoms with van der Waals surface area (Å²) < 4.78 is 148. The van der Waals surface area contributed by atoms with Crippen LogP contribution in [-0.4, -0.2) is 252 Å². The zero-order valence-corrected chi connectivity index (χ0v) is 57.0. The van der Waals surface area contributed by atoms with Gasteiger partial charge in [0.2, 0.25) is 0 Å². The van der Waals surface area contributed by atoms with Gasteiger partial charge in [-0.3, -0.25) is 57.5 Å². The summed E-state index contributed by atoms with van der Waals surface area (Å²) in [5, 5.41) is 0. The van der Waals surface area contributed by atoms with Crippen LogP contribution in [-0.2, 0) is 171 Å². The van der Waals surface area contributed by atoms with Crippen LogP contribution in [0.2, 0.25) is 0 Å². The molecule has 6 fully saturated rings. The molecule has 1 aromatic carbocycles. The van der Waals surface area contributed by atoms with Crippen molar-refractivity contribution in [2.75, 3.05) is 26.4 Å². The maximum Gasteiger partial charge on any atom is 0.303 e. The van der Waals surface area contributed by atoms with E-state index < -0.39 is 251 Å². The van der Waals surface area contributed by atoms with Crippen molar-refractivity contribution in [1.29, 1.82) is 0 Å². The minimum Gasteiger partial charge on any atom is -0.463 e. The number of rotatable bonds is 25. The molecule has 36 heteroatoms. The van der Waals surface area contributed by atoms with E-state index in [0.717, 1.165) is 83.1 Å². The van der Waals surface area contributed by atoms with Crippen molar-refractivity contribution >= 4 is 71.6 Å². The van der Waals surface area contributed by atoms with Crippen LogP contribution >= 0.6 is 0 Å². The second kappa shape index (κ2) is 36.0. The van der Waals surface area contributed by atoms with Crippen LogP contribution in [0.3, 0.4) is 0 Å². The predicted molar refractivity (Wildman–Crippen MR) is 318 cm³/mol. The molecule has 0 aromatic heterocycles. The Labute approximate surface area is 572 Å². The van der Waals surface area contributed by atoms with Gasteiger partial charge >= 0.3 is 71.6 Å². The van der Waals surface area contributed by atoms with Gasteiger partial charge in [0.05, 0.1) is 18.8 Å². The molecular weight excluding hydrogens is 1340 g/mol. The molecule has 0 bridgehead atoms. The lowest BCUT2D eigenvalue weighted by molar-refractivity contribution is -0.423. The molecule has 0 amide bonds. The Balaban J connectivity index is 1.48. The standard InChI is InChI=1S/C64H82O36/c1-16-22-77-60-54(98-63-56(92-39(15)76)51(89-36(12)73)46(85-32(8)69)41(94-63)23-78-28(4)65)53(48-43(93-60)25-80-59(96-48)40-20-18-17-19-21-40)97-64-58(52(90-37(13)74)47(86-33(9)70)42(95-64)24-79-29(5)66)100-62-57(50(88-35(11)72)45(27(3)82-62)84-31(7)68)99-61-55(91-38(14)75)49(87-34(10)71)44(26(2)81-61)83-30(6)67/h1,17-21,26-27,41-64H,22-25H2,2-15H3/t26-,27-,41+,42+,43+,44-,45-,46-,47-,48+,49+,50+,51-,52-,53-,54+,55+,56+,57+,58+,59?,60+,61-,62-,63-,64-/m0/s1. The Morgan fingerprint density at radius 3 is 1.09 bits per heavy atom. The monoisotopic (exact) mass is 1430 g/mol. The molecule has 0 radical (unpaired) electrons. The van der Waals surface area contributed by atoms with E-state index in [9.17, 15) is 57.5 Å². The molecule has 0 aliphatic carbocycles. The lowest BCUT2D eigenvalue weighted by Gasteiger charge is -2.53. The van der Waals surface area contributed by atoms with Gasteiger partial charge in [-0.1, -0.05) is 36.3 Å². The Hall–Kier alpha value is -8.06. The topological polar surface area (TPSA) is 426 Å². The Morgan fingerprint density at radius 2 is 0.690 bits per heavy atom. The average molecular weight is 1430 g/mol. The Morgan fingerprint density at radius 1 is 0.370 bits per heavy atom. The molecule has 6 aliphatic heterocycles. The first kappa shape index (κ1) is 79.3. The quantitative estimate of drug-likeness (QED) is 0.0726. The zero-order valence-electron chi connectivity index (χ0n) is 57.0. The summed E-state index contributed by atoms with van der Waals surface area (Å²) in [6.07, 6.45) is -40.9. The van der Waals surface area contributed by atoms with Crippen LogP contribution in [0.25, 0.3) is 0 Å². The molecule has 1 unspecified atom stereocenters. The van der Waals surface area contributed by atoms with Gasteiger partial charge in [-0.25, -0.2) is 0 Å². The number of terminal acetylenes is 1. The first-order valence-corrected chi connectivity index (χ1v) is 31.5. The molecule has 6 aliphatic rings. The van der Waals surface area contributed by atoms with E-state index in [0.29, 0.717) is 5.56 Å². The van der Waals surface area contributed by atoms with E-state index in [2.05, 4.69) is 5.92 Å². The van der Waals surface area contributed by atoms with Crippen LogP contribution in [0.15, 0.2) is 30.3 Å². The molecule has 36 nitrogen and oxygen atoms in total. The number of fused-ring (bicyclic) bond motifs is 1. The fourth-order valence-corrected chi connectivity index (χ4v) is 11.9. The highest BCUT2D eigenvalue weighted by Gasteiger charge is 2.63. The highest BCUT2D eigenvalue weighted by atomic mass is 16.8. The van der Waals surface area contributed by atoms with Crippen LogP contribution in [0.1, 0.15) is 109 Å². The highest BCUT2D eigenvalue weighted by molar-refractivity contribution is 5.71. The normalized spacial score (nSPS) is 35.4. The lowest BCUT2D eigenvalue weighted by atomic mass is 9.94. The van der Waals surface area contributed by atoms with E-state index in [1.807, 2.05) is 0 Å². The first-order valence-electron chi connectivity index (χ1n) is 31.5. The predicted octanol–water partition coefficient (Wildman–Crippen LogP) is 0.399. The number of carbonyl (C=O) groups excluding carboxylic acids is 12. The van der Waals surface area contributed by atoms with Gasteiger partial charge in [-0.05, 0) is 13.8 Å². The van der Waals surface area contributed by atoms with Crippen LogP contribution < -0.4 is 0 Å². The zero-order chi connectivity index (χ0) is 73.6. The van der Waals surface area contributed by atoms with Crippen molar-refractivity contribution in [3.05, 3.63) is 35.9 Å². The molecule has 26 atom stereocenters. The van der Waals surface area contributed by atoms with Gasteiger partial charge in [0, 0.05) is 88.6 Å². The number of hydrogen-bond acceptors (Lipinski definition) is 36. The number of benzene rings is 1. The van der Waals surface area contributed by atoms with Crippen LogP contribution in [0, 0.1) is 12.3 Å². The molecule has 0 N–H and O–H groups in total. The molecule has 100 heavy (non-hydrogen) atoms. The van der Waals surface area contributed by atoms with Gasteiger partial charge in [0.1, 0.15) is 56.4 Å². The SMILES string of the molecule is C#CCO[C@@H]1O[C@@H]2COC(c3ccccc3)O[C@H]2[C@H](O[C@@H]2O[C@H](COC(C)=O)[C@H](OC(C)=O)[C@H](OC(C)=O)[C@H]2O[C@@H]2O[C@@H](C)[C@H](OC(C)=O)[C@@H](OC(C)=O)[C@H]2O[C@@H]2O[C@@H](C)[C@H](OC(C)=O)[C@@H](OC(C)=O)[C@H]2OC(C)=O)[C@H]1O[C@@H]1O[C@H](COC(C)=O)[C@H](OC(C)=O)[C@H](OC(C)=O)[C@H]1OC(C)=O. The molecule has 1 aromatic rings. The van der Waals surface area contributed by atoms with Crippen molar-refractivity contribution in [1.82, 2.24) is 0 Å². The summed E-state index contributed by atoms with van der Waals surface area (Å²) in [4.78, 5) is 156. The van der Waals surface area contributed by atoms with Gasteiger partial charge in [0.15, 0.2) is 111 Å². The average Bonchev–Trinajstić information content (AvgIpc) is 0.755. The van der Waals surface area contributed by atoms with E-state index in [-0.39, 0.29) is 6.61 Å². The largest absolute Gasteiger partial charge is 0.463 e. The minimum absolute atomic E-state index is 0.346. The van der Waals surface area contributed by atoms with Gasteiger partial charge in [-0.15, -0.1) is 6.42 Å². The van der Waals surface area contributed by atoms with Crippen LogP contribution in [0.4, 0.5) is 0 Å². The Bertz CT molecular complexity index is 3120. The summed E-state index contributed by atoms with van der Waals surface area (Å²) >= 11 is 0. The molecule has 0 saturated carbocycles. The van der Waals surface area contributed by atoms with Crippen molar-refractivity contribution in [2.24, 2.45) is 0 Å². The van der Waals surface area contributed by atoms with Crippen molar-refractivity contribution < 1.29 is 171 Å². The van der Waals surface area contributed by atoms with Crippen molar-refractivity contribution in [3.63, 3.8) is 0 Å². The molecule has 554 valence electrons. The second-order valence-electron chi connectivity index (χ2n) is 23.5. The first-order chi connectivity index (χ1) is 47.2. The number of ether oxygens (including phenoxy) is 24. The van der Waals surface area contributed by atoms with E-state index in [1.165, 1.54) is 13.8 Å². The third kappa shape index (κ3) is 21.3. The Kier molecular flexibility index (Phi) is 28.5. The smallest absolute Gasteiger partial charge is 0.303 e. The van der Waals surface area contributed by atoms with E-state index in [4.69, 9.17) is 120 Å². The van der Waals surface area contributed by atoms with Crippen LogP contribution in [0.5, 0.6) is 0 Å². The summed E-state index contributed by atoms with van der Waals surface area (Å²) in [7, 11) is 0. The summed E-state index contributed by atoms with van der Waals surface area (Å²) in [6, 6.07) is 8.38. The third-order valence-corrected chi connectivity index (χ3v) is 15.4. The van der Waals surface area contributed by atoms with E-state index in [1.54, 1.807) is 30.3 Å². The maximum atomic E-state index is 13.8. The van der Waals surface area contributed by atoms with Gasteiger partial charge in [0.25, 0.3) is 0 Å². The molecule has 6 heterocycles. The summed E-state index contributed by atoms with van der Waals surface area (Å²) in [6.45, 7) is 12.2. The number of esters is 12.